The highest BCUT2D eigenvalue weighted by Crippen LogP contribution is 2.28. The van der Waals surface area contributed by atoms with Gasteiger partial charge in [-0.3, -0.25) is 9.59 Å². The zero-order valence-electron chi connectivity index (χ0n) is 11.6. The maximum Gasteiger partial charge on any atom is 0.308 e. The van der Waals surface area contributed by atoms with Crippen molar-refractivity contribution in [3.05, 3.63) is 0 Å². The fourth-order valence-electron chi connectivity index (χ4n) is 2.66. The van der Waals surface area contributed by atoms with Crippen molar-refractivity contribution < 1.29 is 14.7 Å². The smallest absolute Gasteiger partial charge is 0.308 e. The molecule has 0 spiro atoms. The van der Waals surface area contributed by atoms with Gasteiger partial charge in [-0.15, -0.1) is 0 Å². The number of likely N-dealkylation sites (tertiary alicyclic amines) is 1. The van der Waals surface area contributed by atoms with Crippen LogP contribution in [0.4, 0.5) is 0 Å². The average Bonchev–Trinajstić information content (AvgIpc) is 3.20. The molecule has 1 aliphatic carbocycles. The number of nitrogens with one attached hydrogen (secondary N) is 1. The van der Waals surface area contributed by atoms with E-state index >= 15 is 0 Å². The molecule has 2 atom stereocenters. The van der Waals surface area contributed by atoms with Crippen LogP contribution in [0.2, 0.25) is 0 Å². The first-order chi connectivity index (χ1) is 9.10. The summed E-state index contributed by atoms with van der Waals surface area (Å²) < 4.78 is 0. The van der Waals surface area contributed by atoms with Crippen LogP contribution in [-0.4, -0.2) is 47.6 Å². The van der Waals surface area contributed by atoms with Gasteiger partial charge in [-0.1, -0.05) is 6.92 Å². The molecule has 108 valence electrons. The maximum atomic E-state index is 12.0. The molecule has 2 aliphatic rings. The van der Waals surface area contributed by atoms with Crippen LogP contribution >= 0.6 is 0 Å². The minimum atomic E-state index is -0.785. The summed E-state index contributed by atoms with van der Waals surface area (Å²) in [7, 11) is 0. The van der Waals surface area contributed by atoms with Gasteiger partial charge in [-0.05, 0) is 38.1 Å². The summed E-state index contributed by atoms with van der Waals surface area (Å²) in [6, 6.07) is 0.135. The number of rotatable bonds is 6. The number of nitrogens with zero attached hydrogens (tertiary/aromatic N) is 1. The first kappa shape index (κ1) is 14.3. The third-order valence-corrected chi connectivity index (χ3v) is 4.01. The molecule has 0 radical (unpaired) electrons. The molecule has 0 aromatic carbocycles. The van der Waals surface area contributed by atoms with Gasteiger partial charge in [0.1, 0.15) is 0 Å². The third-order valence-electron chi connectivity index (χ3n) is 4.01. The van der Waals surface area contributed by atoms with Gasteiger partial charge in [0.15, 0.2) is 0 Å². The minimum Gasteiger partial charge on any atom is -0.481 e. The highest BCUT2D eigenvalue weighted by molar-refractivity contribution is 5.78. The lowest BCUT2D eigenvalue weighted by Gasteiger charge is -2.36. The molecule has 1 amide bonds. The molecule has 2 rings (SSSR count). The van der Waals surface area contributed by atoms with Crippen LogP contribution in [0, 0.1) is 11.8 Å². The standard InChI is InChI=1S/C14H24N2O3/c1-2-3-13(17)16-8-11(14(18)19)6-12(9-16)15-7-10-4-5-10/h10-12,15H,2-9H2,1H3,(H,18,19). The summed E-state index contributed by atoms with van der Waals surface area (Å²) in [6.07, 6.45) is 4.52. The lowest BCUT2D eigenvalue weighted by molar-refractivity contribution is -0.146. The number of carbonyl (C=O) groups excluding carboxylic acids is 1. The summed E-state index contributed by atoms with van der Waals surface area (Å²) in [5.74, 6) is -0.352. The van der Waals surface area contributed by atoms with Gasteiger partial charge < -0.3 is 15.3 Å². The van der Waals surface area contributed by atoms with Crippen molar-refractivity contribution in [2.45, 2.75) is 45.1 Å². The maximum absolute atomic E-state index is 12.0. The van der Waals surface area contributed by atoms with Crippen LogP contribution in [0.3, 0.4) is 0 Å². The summed E-state index contributed by atoms with van der Waals surface area (Å²) in [4.78, 5) is 24.9. The Morgan fingerprint density at radius 2 is 2.05 bits per heavy atom. The number of hydrogen-bond acceptors (Lipinski definition) is 3. The molecule has 5 heteroatoms. The van der Waals surface area contributed by atoms with Gasteiger partial charge in [0.05, 0.1) is 5.92 Å². The number of hydrogen-bond donors (Lipinski definition) is 2. The molecule has 2 unspecified atom stereocenters. The Labute approximate surface area is 114 Å². The van der Waals surface area contributed by atoms with Gasteiger partial charge >= 0.3 is 5.97 Å². The molecule has 1 saturated heterocycles. The number of carboxylic acids is 1. The summed E-state index contributed by atoms with van der Waals surface area (Å²) >= 11 is 0. The number of amides is 1. The Kier molecular flexibility index (Phi) is 4.80. The van der Waals surface area contributed by atoms with Crippen molar-refractivity contribution in [3.8, 4) is 0 Å². The number of carbonyl (C=O) groups is 2. The van der Waals surface area contributed by atoms with Crippen LogP contribution in [0.15, 0.2) is 0 Å². The second-order valence-electron chi connectivity index (χ2n) is 5.87. The van der Waals surface area contributed by atoms with E-state index in [0.717, 1.165) is 18.9 Å². The zero-order valence-corrected chi connectivity index (χ0v) is 11.6. The second-order valence-corrected chi connectivity index (χ2v) is 5.87. The molecule has 19 heavy (non-hydrogen) atoms. The molecule has 2 fully saturated rings. The zero-order chi connectivity index (χ0) is 13.8. The van der Waals surface area contributed by atoms with E-state index in [1.165, 1.54) is 12.8 Å². The van der Waals surface area contributed by atoms with E-state index in [1.807, 2.05) is 6.92 Å². The minimum absolute atomic E-state index is 0.0895. The van der Waals surface area contributed by atoms with E-state index in [-0.39, 0.29) is 11.9 Å². The molecule has 2 N–H and O–H groups in total. The Hall–Kier alpha value is -1.10. The molecule has 0 aromatic rings. The van der Waals surface area contributed by atoms with Gasteiger partial charge in [0.25, 0.3) is 0 Å². The summed E-state index contributed by atoms with van der Waals surface area (Å²) in [5, 5.41) is 12.6. The molecular formula is C14H24N2O3. The monoisotopic (exact) mass is 268 g/mol. The summed E-state index contributed by atoms with van der Waals surface area (Å²) in [5.41, 5.74) is 0. The lowest BCUT2D eigenvalue weighted by atomic mass is 9.93. The van der Waals surface area contributed by atoms with Crippen LogP contribution < -0.4 is 5.32 Å². The lowest BCUT2D eigenvalue weighted by Crippen LogP contribution is -2.53. The van der Waals surface area contributed by atoms with E-state index in [2.05, 4.69) is 5.32 Å². The van der Waals surface area contributed by atoms with Crippen molar-refractivity contribution in [1.29, 1.82) is 0 Å². The van der Waals surface area contributed by atoms with E-state index in [1.54, 1.807) is 4.90 Å². The molecule has 0 bridgehead atoms. The fourth-order valence-corrected chi connectivity index (χ4v) is 2.66. The van der Waals surface area contributed by atoms with Crippen molar-refractivity contribution in [2.24, 2.45) is 11.8 Å². The molecule has 1 saturated carbocycles. The normalized spacial score (nSPS) is 27.3. The predicted octanol–water partition coefficient (Wildman–Crippen LogP) is 1.09. The summed E-state index contributed by atoms with van der Waals surface area (Å²) in [6.45, 7) is 3.97. The fraction of sp³-hybridized carbons (Fsp3) is 0.857. The number of piperidine rings is 1. The van der Waals surface area contributed by atoms with E-state index < -0.39 is 11.9 Å². The van der Waals surface area contributed by atoms with Crippen molar-refractivity contribution in [2.75, 3.05) is 19.6 Å². The van der Waals surface area contributed by atoms with Crippen molar-refractivity contribution >= 4 is 11.9 Å². The van der Waals surface area contributed by atoms with Crippen molar-refractivity contribution in [3.63, 3.8) is 0 Å². The Balaban J connectivity index is 1.90. The van der Waals surface area contributed by atoms with E-state index in [4.69, 9.17) is 0 Å². The predicted molar refractivity (Wildman–Crippen MR) is 71.7 cm³/mol. The van der Waals surface area contributed by atoms with Gasteiger partial charge in [-0.2, -0.15) is 0 Å². The molecule has 1 heterocycles. The average molecular weight is 268 g/mol. The quantitative estimate of drug-likeness (QED) is 0.756. The van der Waals surface area contributed by atoms with Crippen LogP contribution in [0.1, 0.15) is 39.0 Å². The largest absolute Gasteiger partial charge is 0.481 e. The number of carboxylic acid groups (broad SMARTS) is 1. The first-order valence-corrected chi connectivity index (χ1v) is 7.34. The molecule has 5 nitrogen and oxygen atoms in total. The van der Waals surface area contributed by atoms with Crippen molar-refractivity contribution in [1.82, 2.24) is 10.2 Å². The highest BCUT2D eigenvalue weighted by Gasteiger charge is 2.34. The molecule has 1 aliphatic heterocycles. The van der Waals surface area contributed by atoms with E-state index in [9.17, 15) is 14.7 Å². The highest BCUT2D eigenvalue weighted by atomic mass is 16.4. The van der Waals surface area contributed by atoms with Crippen LogP contribution in [0.25, 0.3) is 0 Å². The number of aliphatic carboxylic acids is 1. The Bertz CT molecular complexity index is 342. The Morgan fingerprint density at radius 3 is 2.63 bits per heavy atom. The first-order valence-electron chi connectivity index (χ1n) is 7.34. The molecule has 0 aromatic heterocycles. The second kappa shape index (κ2) is 6.37. The van der Waals surface area contributed by atoms with Gasteiger partial charge in [0.2, 0.25) is 5.91 Å². The van der Waals surface area contributed by atoms with Crippen LogP contribution in [0.5, 0.6) is 0 Å². The topological polar surface area (TPSA) is 69.6 Å². The SMILES string of the molecule is CCCC(=O)N1CC(NCC2CC2)CC(C(=O)O)C1. The third kappa shape index (κ3) is 4.20. The Morgan fingerprint density at radius 1 is 1.32 bits per heavy atom. The van der Waals surface area contributed by atoms with E-state index in [0.29, 0.717) is 25.9 Å². The van der Waals surface area contributed by atoms with Crippen LogP contribution in [-0.2, 0) is 9.59 Å². The van der Waals surface area contributed by atoms with Gasteiger partial charge in [0, 0.05) is 25.6 Å². The van der Waals surface area contributed by atoms with Gasteiger partial charge in [-0.25, -0.2) is 0 Å². The molecular weight excluding hydrogens is 244 g/mol.